The maximum atomic E-state index is 13.4. The molecule has 30 heavy (non-hydrogen) atoms. The number of ether oxygens (including phenoxy) is 2. The number of rotatable bonds is 4. The number of amides is 1. The summed E-state index contributed by atoms with van der Waals surface area (Å²) in [6.45, 7) is 0.561. The molecule has 0 saturated carbocycles. The highest BCUT2D eigenvalue weighted by Crippen LogP contribution is 2.44. The van der Waals surface area contributed by atoms with Crippen molar-refractivity contribution < 1.29 is 14.3 Å². The summed E-state index contributed by atoms with van der Waals surface area (Å²) in [6, 6.07) is 9.10. The number of nitrogens with two attached hydrogens (primary N) is 1. The number of benzene rings is 1. The summed E-state index contributed by atoms with van der Waals surface area (Å²) in [5, 5.41) is 0. The van der Waals surface area contributed by atoms with E-state index < -0.39 is 0 Å². The van der Waals surface area contributed by atoms with Crippen molar-refractivity contribution in [3.8, 4) is 0 Å². The zero-order valence-electron chi connectivity index (χ0n) is 17.1. The predicted octanol–water partition coefficient (Wildman–Crippen LogP) is 4.39. The molecule has 4 aliphatic rings. The van der Waals surface area contributed by atoms with Gasteiger partial charge in [-0.25, -0.2) is 0 Å². The van der Waals surface area contributed by atoms with Gasteiger partial charge in [-0.1, -0.05) is 42.5 Å². The summed E-state index contributed by atoms with van der Waals surface area (Å²) in [4.78, 5) is 15.4. The van der Waals surface area contributed by atoms with Crippen LogP contribution in [0.3, 0.4) is 0 Å². The lowest BCUT2D eigenvalue weighted by Gasteiger charge is -2.39. The molecule has 2 N–H and O–H groups in total. The van der Waals surface area contributed by atoms with Gasteiger partial charge in [-0.05, 0) is 61.1 Å². The van der Waals surface area contributed by atoms with E-state index in [0.717, 1.165) is 44.1 Å². The minimum Gasteiger partial charge on any atom is -0.465 e. The van der Waals surface area contributed by atoms with E-state index in [0.29, 0.717) is 24.0 Å². The molecule has 5 nitrogen and oxygen atoms in total. The minimum atomic E-state index is -0.0470. The number of hydrogen-bond acceptors (Lipinski definition) is 4. The van der Waals surface area contributed by atoms with E-state index >= 15 is 0 Å². The number of carbonyl (C=O) groups excluding carboxylic acids is 1. The van der Waals surface area contributed by atoms with Crippen molar-refractivity contribution in [3.63, 3.8) is 0 Å². The van der Waals surface area contributed by atoms with Gasteiger partial charge >= 0.3 is 0 Å². The van der Waals surface area contributed by atoms with Crippen molar-refractivity contribution in [2.24, 2.45) is 5.73 Å². The van der Waals surface area contributed by atoms with E-state index in [2.05, 4.69) is 35.2 Å². The van der Waals surface area contributed by atoms with Crippen LogP contribution in [0.25, 0.3) is 0 Å². The minimum absolute atomic E-state index is 0.0470. The highest BCUT2D eigenvalue weighted by molar-refractivity contribution is 5.92. The molecule has 0 spiro atoms. The fourth-order valence-corrected chi connectivity index (χ4v) is 5.25. The first kappa shape index (κ1) is 19.2. The lowest BCUT2D eigenvalue weighted by Crippen LogP contribution is -2.47. The Morgan fingerprint density at radius 1 is 1.17 bits per heavy atom. The van der Waals surface area contributed by atoms with Gasteiger partial charge in [-0.15, -0.1) is 0 Å². The number of piperidine rings is 1. The van der Waals surface area contributed by atoms with E-state index in [1.165, 1.54) is 17.4 Å². The Labute approximate surface area is 177 Å². The van der Waals surface area contributed by atoms with E-state index in [9.17, 15) is 4.79 Å². The van der Waals surface area contributed by atoms with E-state index in [1.54, 1.807) is 6.26 Å². The maximum Gasteiger partial charge on any atom is 0.293 e. The van der Waals surface area contributed by atoms with Crippen LogP contribution in [-0.2, 0) is 20.8 Å². The largest absolute Gasteiger partial charge is 0.465 e. The Bertz CT molecular complexity index is 945. The molecule has 2 bridgehead atoms. The second-order valence-corrected chi connectivity index (χ2v) is 8.58. The van der Waals surface area contributed by atoms with Crippen molar-refractivity contribution in [3.05, 3.63) is 83.2 Å². The smallest absolute Gasteiger partial charge is 0.293 e. The third kappa shape index (κ3) is 3.58. The van der Waals surface area contributed by atoms with Gasteiger partial charge < -0.3 is 20.1 Å². The van der Waals surface area contributed by atoms with Crippen molar-refractivity contribution in [1.29, 1.82) is 0 Å². The van der Waals surface area contributed by atoms with E-state index in [4.69, 9.17) is 15.2 Å². The Morgan fingerprint density at radius 3 is 2.73 bits per heavy atom. The summed E-state index contributed by atoms with van der Waals surface area (Å²) >= 11 is 0. The van der Waals surface area contributed by atoms with Crippen LogP contribution in [0.15, 0.2) is 72.1 Å². The summed E-state index contributed by atoms with van der Waals surface area (Å²) in [7, 11) is 0. The van der Waals surface area contributed by atoms with Crippen LogP contribution in [0.2, 0.25) is 0 Å². The van der Waals surface area contributed by atoms with Gasteiger partial charge in [0.05, 0.1) is 0 Å². The Hall–Kier alpha value is -2.79. The van der Waals surface area contributed by atoms with Crippen LogP contribution < -0.4 is 5.73 Å². The van der Waals surface area contributed by atoms with Crippen LogP contribution >= 0.6 is 0 Å². The topological polar surface area (TPSA) is 64.8 Å². The van der Waals surface area contributed by atoms with Crippen LogP contribution in [0.5, 0.6) is 0 Å². The lowest BCUT2D eigenvalue weighted by atomic mass is 9.84. The number of carbonyl (C=O) groups is 1. The predicted molar refractivity (Wildman–Crippen MR) is 115 cm³/mol. The van der Waals surface area contributed by atoms with Gasteiger partial charge in [0.2, 0.25) is 5.76 Å². The first-order valence-corrected chi connectivity index (χ1v) is 10.9. The molecule has 3 heterocycles. The van der Waals surface area contributed by atoms with Crippen LogP contribution in [0.1, 0.15) is 55.6 Å². The van der Waals surface area contributed by atoms with Crippen LogP contribution in [0.4, 0.5) is 0 Å². The first-order valence-electron chi connectivity index (χ1n) is 10.9. The Kier molecular flexibility index (Phi) is 5.21. The molecule has 2 saturated heterocycles. The van der Waals surface area contributed by atoms with Gasteiger partial charge in [0, 0.05) is 18.6 Å². The van der Waals surface area contributed by atoms with Gasteiger partial charge in [-0.3, -0.25) is 4.79 Å². The Balaban J connectivity index is 1.29. The highest BCUT2D eigenvalue weighted by Gasteiger charge is 2.45. The number of nitrogens with zero attached hydrogens (tertiary/aromatic N) is 1. The van der Waals surface area contributed by atoms with Crippen molar-refractivity contribution in [2.75, 3.05) is 0 Å². The molecule has 2 fully saturated rings. The molecule has 1 aliphatic carbocycles. The van der Waals surface area contributed by atoms with Gasteiger partial charge in [0.1, 0.15) is 12.5 Å². The van der Waals surface area contributed by atoms with Crippen LogP contribution in [0, 0.1) is 0 Å². The van der Waals surface area contributed by atoms with Gasteiger partial charge in [-0.2, -0.15) is 0 Å². The standard InChI is InChI=1S/C25H28N2O3/c26-14-17-5-4-8-19(11-17)20-12-21-9-10-22(13-20)27(21)25(28)24-16-29-15-23(30-24)18-6-2-1-3-7-18/h1-2,4-6,8,11,15-16,20-22H,3,7,9-10,12-14,26H2. The molecule has 0 aromatic heterocycles. The molecular weight excluding hydrogens is 376 g/mol. The highest BCUT2D eigenvalue weighted by atomic mass is 16.5. The van der Waals surface area contributed by atoms with Crippen molar-refractivity contribution >= 4 is 5.91 Å². The fraction of sp³-hybridized carbons (Fsp3) is 0.400. The molecule has 5 heteroatoms. The SMILES string of the molecule is NCc1cccc(C2CC3CCC(C2)N3C(=O)C2=COC=C(C3=CC=CCC3)O2)c1. The van der Waals surface area contributed by atoms with E-state index in [1.807, 2.05) is 12.2 Å². The van der Waals surface area contributed by atoms with Crippen LogP contribution in [-0.4, -0.2) is 22.9 Å². The maximum absolute atomic E-state index is 13.4. The second kappa shape index (κ2) is 8.15. The zero-order chi connectivity index (χ0) is 20.5. The van der Waals surface area contributed by atoms with Crippen molar-refractivity contribution in [1.82, 2.24) is 4.90 Å². The fourth-order valence-electron chi connectivity index (χ4n) is 5.25. The average molecular weight is 405 g/mol. The molecule has 1 aromatic carbocycles. The number of fused-ring (bicyclic) bond motifs is 2. The van der Waals surface area contributed by atoms with E-state index in [-0.39, 0.29) is 18.0 Å². The molecular formula is C25H28N2O3. The molecule has 2 atom stereocenters. The van der Waals surface area contributed by atoms with Crippen molar-refractivity contribution in [2.45, 2.75) is 63.1 Å². The third-order valence-corrected chi connectivity index (χ3v) is 6.74. The first-order chi connectivity index (χ1) is 14.7. The summed E-state index contributed by atoms with van der Waals surface area (Å²) in [5.41, 5.74) is 9.41. The lowest BCUT2D eigenvalue weighted by molar-refractivity contribution is -0.135. The summed E-state index contributed by atoms with van der Waals surface area (Å²) in [5.74, 6) is 1.37. The monoisotopic (exact) mass is 404 g/mol. The molecule has 5 rings (SSSR count). The number of allylic oxidation sites excluding steroid dienone is 4. The average Bonchev–Trinajstić information content (AvgIpc) is 3.08. The van der Waals surface area contributed by atoms with Gasteiger partial charge in [0.15, 0.2) is 5.76 Å². The molecule has 1 aromatic rings. The Morgan fingerprint density at radius 2 is 2.00 bits per heavy atom. The molecule has 0 radical (unpaired) electrons. The quantitative estimate of drug-likeness (QED) is 0.808. The second-order valence-electron chi connectivity index (χ2n) is 8.58. The normalized spacial score (nSPS) is 27.6. The zero-order valence-corrected chi connectivity index (χ0v) is 17.1. The summed E-state index contributed by atoms with van der Waals surface area (Å²) < 4.78 is 11.5. The third-order valence-electron chi connectivity index (χ3n) is 6.74. The molecule has 3 aliphatic heterocycles. The number of hydrogen-bond donors (Lipinski definition) is 1. The molecule has 156 valence electrons. The van der Waals surface area contributed by atoms with Gasteiger partial charge in [0.25, 0.3) is 5.91 Å². The molecule has 2 unspecified atom stereocenters. The summed E-state index contributed by atoms with van der Waals surface area (Å²) in [6.07, 6.45) is 15.2. The molecule has 1 amide bonds.